The van der Waals surface area contributed by atoms with Crippen molar-refractivity contribution in [2.24, 2.45) is 0 Å². The topological polar surface area (TPSA) is 59.1 Å². The number of pyridine rings is 1. The quantitative estimate of drug-likeness (QED) is 0.820. The van der Waals surface area contributed by atoms with Crippen molar-refractivity contribution in [3.8, 4) is 0 Å². The van der Waals surface area contributed by atoms with Crippen molar-refractivity contribution < 1.29 is 9.59 Å². The predicted molar refractivity (Wildman–Crippen MR) is 66.1 cm³/mol. The Balaban J connectivity index is 2.74. The average Bonchev–Trinajstić information content (AvgIpc) is 2.34. The minimum atomic E-state index is -0.451. The molecule has 1 rings (SSSR count). The van der Waals surface area contributed by atoms with E-state index in [1.54, 1.807) is 25.1 Å². The van der Waals surface area contributed by atoms with Gasteiger partial charge in [-0.1, -0.05) is 31.5 Å². The molecule has 17 heavy (non-hydrogen) atoms. The zero-order chi connectivity index (χ0) is 12.8. The van der Waals surface area contributed by atoms with Crippen molar-refractivity contribution in [2.45, 2.75) is 32.7 Å². The van der Waals surface area contributed by atoms with E-state index in [1.165, 1.54) is 0 Å². The first-order chi connectivity index (χ1) is 8.08. The van der Waals surface area contributed by atoms with Gasteiger partial charge in [-0.2, -0.15) is 0 Å². The number of carbonyl (C=O) groups excluding carboxylic acids is 2. The summed E-state index contributed by atoms with van der Waals surface area (Å²) >= 11 is 5.69. The Hall–Kier alpha value is -1.42. The highest BCUT2D eigenvalue weighted by molar-refractivity contribution is 6.29. The third-order valence-corrected chi connectivity index (χ3v) is 2.61. The summed E-state index contributed by atoms with van der Waals surface area (Å²) in [5.74, 6) is -0.357. The Morgan fingerprint density at radius 1 is 1.41 bits per heavy atom. The fraction of sp³-hybridized carbons (Fsp3) is 0.417. The summed E-state index contributed by atoms with van der Waals surface area (Å²) < 4.78 is 0. The summed E-state index contributed by atoms with van der Waals surface area (Å²) in [6, 6.07) is 4.35. The molecule has 0 unspecified atom stereocenters. The molecule has 1 N–H and O–H groups in total. The van der Waals surface area contributed by atoms with Crippen molar-refractivity contribution in [1.29, 1.82) is 0 Å². The van der Waals surface area contributed by atoms with E-state index in [-0.39, 0.29) is 22.5 Å². The fourth-order valence-electron chi connectivity index (χ4n) is 1.42. The van der Waals surface area contributed by atoms with E-state index in [4.69, 9.17) is 11.6 Å². The molecule has 1 amide bonds. The molecule has 92 valence electrons. The van der Waals surface area contributed by atoms with Gasteiger partial charge in [-0.15, -0.1) is 0 Å². The molecule has 1 aromatic rings. The highest BCUT2D eigenvalue weighted by Gasteiger charge is 2.18. The summed E-state index contributed by atoms with van der Waals surface area (Å²) in [5, 5.41) is 2.91. The van der Waals surface area contributed by atoms with Gasteiger partial charge in [0.05, 0.1) is 6.04 Å². The molecule has 1 aromatic heterocycles. The standard InChI is InChI=1S/C12H15ClN2O2/c1-3-8(10(16)4-2)15-12(17)9-6-5-7-11(13)14-9/h5-8H,3-4H2,1-2H3,(H,15,17)/t8-/m0/s1. The lowest BCUT2D eigenvalue weighted by atomic mass is 10.1. The van der Waals surface area contributed by atoms with E-state index in [2.05, 4.69) is 10.3 Å². The zero-order valence-corrected chi connectivity index (χ0v) is 10.6. The van der Waals surface area contributed by atoms with Crippen LogP contribution in [0.2, 0.25) is 5.15 Å². The van der Waals surface area contributed by atoms with Gasteiger partial charge >= 0.3 is 0 Å². The second kappa shape index (κ2) is 6.35. The van der Waals surface area contributed by atoms with Crippen LogP contribution in [0, 0.1) is 0 Å². The molecule has 0 saturated heterocycles. The van der Waals surface area contributed by atoms with Crippen LogP contribution in [0.4, 0.5) is 0 Å². The van der Waals surface area contributed by atoms with E-state index >= 15 is 0 Å². The van der Waals surface area contributed by atoms with Crippen LogP contribution in [0.3, 0.4) is 0 Å². The highest BCUT2D eigenvalue weighted by atomic mass is 35.5. The maximum absolute atomic E-state index is 11.8. The van der Waals surface area contributed by atoms with Gasteiger partial charge in [0.2, 0.25) is 0 Å². The number of carbonyl (C=O) groups is 2. The molecule has 0 aromatic carbocycles. The van der Waals surface area contributed by atoms with Gasteiger partial charge < -0.3 is 5.32 Å². The minimum absolute atomic E-state index is 0.0166. The summed E-state index contributed by atoms with van der Waals surface area (Å²) in [6.07, 6.45) is 0.973. The van der Waals surface area contributed by atoms with Gasteiger partial charge in [0.15, 0.2) is 5.78 Å². The van der Waals surface area contributed by atoms with E-state index in [0.717, 1.165) is 0 Å². The van der Waals surface area contributed by atoms with E-state index in [9.17, 15) is 9.59 Å². The van der Waals surface area contributed by atoms with Crippen molar-refractivity contribution in [2.75, 3.05) is 0 Å². The number of ketones is 1. The Labute approximate surface area is 105 Å². The third kappa shape index (κ3) is 3.82. The lowest BCUT2D eigenvalue weighted by molar-refractivity contribution is -0.120. The lowest BCUT2D eigenvalue weighted by Gasteiger charge is -2.14. The molecule has 0 radical (unpaired) electrons. The van der Waals surface area contributed by atoms with Gasteiger partial charge in [-0.3, -0.25) is 9.59 Å². The van der Waals surface area contributed by atoms with Crippen LogP contribution in [0.1, 0.15) is 37.2 Å². The molecule has 0 bridgehead atoms. The van der Waals surface area contributed by atoms with E-state index < -0.39 is 6.04 Å². The van der Waals surface area contributed by atoms with Crippen LogP contribution >= 0.6 is 11.6 Å². The molecular weight excluding hydrogens is 240 g/mol. The molecule has 0 spiro atoms. The number of hydrogen-bond donors (Lipinski definition) is 1. The van der Waals surface area contributed by atoms with Crippen molar-refractivity contribution in [1.82, 2.24) is 10.3 Å². The summed E-state index contributed by atoms with van der Waals surface area (Å²) in [7, 11) is 0. The monoisotopic (exact) mass is 254 g/mol. The molecule has 0 aliphatic rings. The molecule has 1 atom stereocenters. The van der Waals surface area contributed by atoms with Gasteiger partial charge in [0.1, 0.15) is 10.8 Å². The molecule has 0 saturated carbocycles. The third-order valence-electron chi connectivity index (χ3n) is 2.40. The number of amides is 1. The second-order valence-corrected chi connectivity index (χ2v) is 3.99. The van der Waals surface area contributed by atoms with Crippen molar-refractivity contribution >= 4 is 23.3 Å². The van der Waals surface area contributed by atoms with Crippen molar-refractivity contribution in [3.63, 3.8) is 0 Å². The Morgan fingerprint density at radius 3 is 2.65 bits per heavy atom. The van der Waals surface area contributed by atoms with E-state index in [0.29, 0.717) is 12.8 Å². The normalized spacial score (nSPS) is 11.9. The first-order valence-electron chi connectivity index (χ1n) is 5.54. The molecular formula is C12H15ClN2O2. The SMILES string of the molecule is CCC(=O)[C@H](CC)NC(=O)c1cccc(Cl)n1. The van der Waals surface area contributed by atoms with Gasteiger partial charge in [-0.25, -0.2) is 4.98 Å². The largest absolute Gasteiger partial charge is 0.341 e. The fourth-order valence-corrected chi connectivity index (χ4v) is 1.59. The second-order valence-electron chi connectivity index (χ2n) is 3.60. The lowest BCUT2D eigenvalue weighted by Crippen LogP contribution is -2.40. The van der Waals surface area contributed by atoms with Crippen LogP contribution in [0.5, 0.6) is 0 Å². The number of rotatable bonds is 5. The molecule has 1 heterocycles. The molecule has 0 fully saturated rings. The molecule has 0 aliphatic heterocycles. The van der Waals surface area contributed by atoms with Gasteiger partial charge in [-0.05, 0) is 18.6 Å². The van der Waals surface area contributed by atoms with Crippen LogP contribution in [-0.4, -0.2) is 22.7 Å². The molecule has 0 aliphatic carbocycles. The van der Waals surface area contributed by atoms with Crippen LogP contribution in [0.15, 0.2) is 18.2 Å². The van der Waals surface area contributed by atoms with E-state index in [1.807, 2.05) is 6.92 Å². The highest BCUT2D eigenvalue weighted by Crippen LogP contribution is 2.06. The van der Waals surface area contributed by atoms with Gasteiger partial charge in [0.25, 0.3) is 5.91 Å². The number of hydrogen-bond acceptors (Lipinski definition) is 3. The van der Waals surface area contributed by atoms with Crippen molar-refractivity contribution in [3.05, 3.63) is 29.0 Å². The number of nitrogens with one attached hydrogen (secondary N) is 1. The van der Waals surface area contributed by atoms with Crippen LogP contribution in [-0.2, 0) is 4.79 Å². The molecule has 4 nitrogen and oxygen atoms in total. The number of halogens is 1. The Morgan fingerprint density at radius 2 is 2.12 bits per heavy atom. The zero-order valence-electron chi connectivity index (χ0n) is 9.87. The summed E-state index contributed by atoms with van der Waals surface area (Å²) in [4.78, 5) is 27.2. The minimum Gasteiger partial charge on any atom is -0.341 e. The smallest absolute Gasteiger partial charge is 0.270 e. The number of aromatic nitrogens is 1. The average molecular weight is 255 g/mol. The van der Waals surface area contributed by atoms with Crippen LogP contribution < -0.4 is 5.32 Å². The van der Waals surface area contributed by atoms with Crippen LogP contribution in [0.25, 0.3) is 0 Å². The Kier molecular flexibility index (Phi) is 5.10. The maximum Gasteiger partial charge on any atom is 0.270 e. The first kappa shape index (κ1) is 13.6. The number of nitrogens with zero attached hydrogens (tertiary/aromatic N) is 1. The summed E-state index contributed by atoms with van der Waals surface area (Å²) in [5.41, 5.74) is 0.222. The first-order valence-corrected chi connectivity index (χ1v) is 5.92. The predicted octanol–water partition coefficient (Wildman–Crippen LogP) is 2.22. The number of Topliss-reactive ketones (excluding diaryl/α,β-unsaturated/α-hetero) is 1. The van der Waals surface area contributed by atoms with Gasteiger partial charge in [0, 0.05) is 6.42 Å². The summed E-state index contributed by atoms with van der Waals surface area (Å²) in [6.45, 7) is 3.62. The Bertz CT molecular complexity index is 421. The maximum atomic E-state index is 11.8. The molecule has 5 heteroatoms.